The minimum atomic E-state index is -3.71. The van der Waals surface area contributed by atoms with Crippen LogP contribution in [0.5, 0.6) is 0 Å². The van der Waals surface area contributed by atoms with E-state index in [4.69, 9.17) is 10.7 Å². The second kappa shape index (κ2) is 9.20. The summed E-state index contributed by atoms with van der Waals surface area (Å²) in [4.78, 5) is 9.28. The van der Waals surface area contributed by atoms with Crippen molar-refractivity contribution in [2.75, 3.05) is 12.3 Å². The summed E-state index contributed by atoms with van der Waals surface area (Å²) in [6.07, 6.45) is 6.17. The lowest BCUT2D eigenvalue weighted by Gasteiger charge is -2.23. The summed E-state index contributed by atoms with van der Waals surface area (Å²) in [5, 5.41) is 7.76. The van der Waals surface area contributed by atoms with Crippen molar-refractivity contribution >= 4 is 15.8 Å². The largest absolute Gasteiger partial charge is 0.382 e. The fourth-order valence-electron chi connectivity index (χ4n) is 4.37. The third-order valence-corrected chi connectivity index (χ3v) is 7.68. The molecule has 1 fully saturated rings. The van der Waals surface area contributed by atoms with Crippen LogP contribution in [0.25, 0.3) is 22.5 Å². The molecule has 0 amide bonds. The van der Waals surface area contributed by atoms with Gasteiger partial charge in [-0.05, 0) is 57.4 Å². The molecule has 2 atom stereocenters. The molecule has 4 rings (SSSR count). The topological polar surface area (TPSA) is 128 Å². The average Bonchev–Trinajstić information content (AvgIpc) is 3.42. The minimum Gasteiger partial charge on any atom is -0.382 e. The number of nitrogens with one attached hydrogen (secondary N) is 2. The van der Waals surface area contributed by atoms with Crippen molar-refractivity contribution in [3.8, 4) is 22.5 Å². The number of nitrogens with zero attached hydrogens (tertiary/aromatic N) is 4. The molecule has 1 aliphatic heterocycles. The van der Waals surface area contributed by atoms with Crippen molar-refractivity contribution in [3.63, 3.8) is 0 Å². The Balaban J connectivity index is 1.70. The molecule has 176 valence electrons. The first-order valence-electron chi connectivity index (χ1n) is 11.2. The summed E-state index contributed by atoms with van der Waals surface area (Å²) in [7, 11) is -1.87. The summed E-state index contributed by atoms with van der Waals surface area (Å²) in [6.45, 7) is 6.73. The third-order valence-electron chi connectivity index (χ3n) is 6.20. The van der Waals surface area contributed by atoms with Crippen molar-refractivity contribution in [1.82, 2.24) is 29.8 Å². The molecule has 3 aromatic rings. The molecule has 2 aromatic heterocycles. The Hall–Kier alpha value is -2.82. The van der Waals surface area contributed by atoms with Crippen LogP contribution in [0.3, 0.4) is 0 Å². The summed E-state index contributed by atoms with van der Waals surface area (Å²) in [5.41, 5.74) is 10.4. The number of anilines is 1. The average molecular weight is 470 g/mol. The molecule has 0 spiro atoms. The predicted molar refractivity (Wildman–Crippen MR) is 129 cm³/mol. The number of hydrogen-bond acceptors (Lipinski definition) is 7. The fourth-order valence-corrected chi connectivity index (χ4v) is 5.76. The van der Waals surface area contributed by atoms with E-state index in [0.717, 1.165) is 36.2 Å². The van der Waals surface area contributed by atoms with E-state index in [1.54, 1.807) is 29.1 Å². The van der Waals surface area contributed by atoms with Crippen molar-refractivity contribution in [3.05, 3.63) is 41.9 Å². The van der Waals surface area contributed by atoms with Crippen LogP contribution in [-0.4, -0.2) is 46.8 Å². The van der Waals surface area contributed by atoms with Crippen LogP contribution in [-0.2, 0) is 17.1 Å². The van der Waals surface area contributed by atoms with Gasteiger partial charge in [-0.25, -0.2) is 23.1 Å². The maximum absolute atomic E-state index is 13.2. The molecule has 1 saturated heterocycles. The minimum absolute atomic E-state index is 0.154. The molecular formula is C23H31N7O2S. The third kappa shape index (κ3) is 4.78. The molecule has 4 N–H and O–H groups in total. The van der Waals surface area contributed by atoms with Crippen molar-refractivity contribution < 1.29 is 8.42 Å². The van der Waals surface area contributed by atoms with E-state index in [-0.39, 0.29) is 17.0 Å². The zero-order valence-corrected chi connectivity index (χ0v) is 20.3. The second-order valence-corrected chi connectivity index (χ2v) is 10.3. The molecule has 1 unspecified atom stereocenters. The molecule has 3 heterocycles. The number of aryl methyl sites for hydroxylation is 3. The summed E-state index contributed by atoms with van der Waals surface area (Å²) in [6, 6.07) is 5.09. The fraction of sp³-hybridized carbons (Fsp3) is 0.435. The van der Waals surface area contributed by atoms with Gasteiger partial charge in [0.25, 0.3) is 0 Å². The van der Waals surface area contributed by atoms with Gasteiger partial charge in [-0.1, -0.05) is 13.0 Å². The van der Waals surface area contributed by atoms with Gasteiger partial charge in [0, 0.05) is 36.5 Å². The highest BCUT2D eigenvalue weighted by molar-refractivity contribution is 7.89. The highest BCUT2D eigenvalue weighted by atomic mass is 32.2. The number of rotatable bonds is 7. The van der Waals surface area contributed by atoms with Crippen LogP contribution in [0.15, 0.2) is 35.5 Å². The standard InChI is InChI=1S/C23H31N7O2S/c1-5-19(20-7-6-10-25-20)29-33(31,32)16-9-8-14(2)17(11-16)21-12-26-23(24)22(27-21)18-13-30(4)28-15(18)3/h8-9,11-13,19-20,25,29H,5-7,10H2,1-4H3,(H2,24,26)/t19-,20?/m1/s1. The van der Waals surface area contributed by atoms with E-state index in [1.165, 1.54) is 0 Å². The highest BCUT2D eigenvalue weighted by Gasteiger charge is 2.28. The molecule has 0 saturated carbocycles. The number of benzene rings is 1. The normalized spacial score (nSPS) is 17.4. The smallest absolute Gasteiger partial charge is 0.240 e. The SMILES string of the molecule is CC[C@@H](NS(=O)(=O)c1ccc(C)c(-c2cnc(N)c(-c3cn(C)nc3C)n2)c1)C1CCCN1. The van der Waals surface area contributed by atoms with Gasteiger partial charge >= 0.3 is 0 Å². The Labute approximate surface area is 194 Å². The van der Waals surface area contributed by atoms with Gasteiger partial charge in [0.05, 0.1) is 22.5 Å². The van der Waals surface area contributed by atoms with Crippen LogP contribution in [0.1, 0.15) is 37.4 Å². The van der Waals surface area contributed by atoms with Gasteiger partial charge < -0.3 is 11.1 Å². The van der Waals surface area contributed by atoms with Crippen LogP contribution < -0.4 is 15.8 Å². The van der Waals surface area contributed by atoms with Gasteiger partial charge in [0.2, 0.25) is 10.0 Å². The second-order valence-electron chi connectivity index (χ2n) is 8.61. The van der Waals surface area contributed by atoms with E-state index in [1.807, 2.05) is 34.0 Å². The van der Waals surface area contributed by atoms with Crippen molar-refractivity contribution in [2.45, 2.75) is 57.0 Å². The van der Waals surface area contributed by atoms with E-state index in [2.05, 4.69) is 20.1 Å². The zero-order chi connectivity index (χ0) is 23.8. The number of hydrogen-bond donors (Lipinski definition) is 3. The van der Waals surface area contributed by atoms with Gasteiger partial charge in [-0.2, -0.15) is 5.10 Å². The lowest BCUT2D eigenvalue weighted by Crippen LogP contribution is -2.46. The van der Waals surface area contributed by atoms with Gasteiger partial charge in [0.15, 0.2) is 0 Å². The van der Waals surface area contributed by atoms with Crippen molar-refractivity contribution in [2.24, 2.45) is 7.05 Å². The van der Waals surface area contributed by atoms with Crippen LogP contribution in [0.2, 0.25) is 0 Å². The number of nitrogens with two attached hydrogens (primary N) is 1. The number of nitrogen functional groups attached to an aromatic ring is 1. The Morgan fingerprint density at radius 3 is 2.73 bits per heavy atom. The summed E-state index contributed by atoms with van der Waals surface area (Å²) in [5.74, 6) is 0.299. The maximum atomic E-state index is 13.2. The molecule has 1 aliphatic rings. The molecule has 0 radical (unpaired) electrons. The van der Waals surface area contributed by atoms with Crippen molar-refractivity contribution in [1.29, 1.82) is 0 Å². The summed E-state index contributed by atoms with van der Waals surface area (Å²) >= 11 is 0. The Kier molecular flexibility index (Phi) is 6.51. The van der Waals surface area contributed by atoms with E-state index >= 15 is 0 Å². The van der Waals surface area contributed by atoms with Gasteiger partial charge in [-0.3, -0.25) is 4.68 Å². The molecule has 10 heteroatoms. The lowest BCUT2D eigenvalue weighted by atomic mass is 10.1. The first kappa shape index (κ1) is 23.3. The first-order valence-corrected chi connectivity index (χ1v) is 12.7. The number of aromatic nitrogens is 4. The predicted octanol–water partition coefficient (Wildman–Crippen LogP) is 2.55. The first-order chi connectivity index (χ1) is 15.7. The van der Waals surface area contributed by atoms with Crippen LogP contribution >= 0.6 is 0 Å². The highest BCUT2D eigenvalue weighted by Crippen LogP contribution is 2.30. The number of sulfonamides is 1. The maximum Gasteiger partial charge on any atom is 0.240 e. The molecule has 0 bridgehead atoms. The van der Waals surface area contributed by atoms with Crippen LogP contribution in [0, 0.1) is 13.8 Å². The molecule has 33 heavy (non-hydrogen) atoms. The summed E-state index contributed by atoms with van der Waals surface area (Å²) < 4.78 is 31.1. The zero-order valence-electron chi connectivity index (χ0n) is 19.5. The van der Waals surface area contributed by atoms with Gasteiger partial charge in [0.1, 0.15) is 11.5 Å². The Morgan fingerprint density at radius 1 is 1.30 bits per heavy atom. The Morgan fingerprint density at radius 2 is 2.09 bits per heavy atom. The van der Waals surface area contributed by atoms with E-state index in [9.17, 15) is 8.42 Å². The molecule has 0 aliphatic carbocycles. The quantitative estimate of drug-likeness (QED) is 0.485. The Bertz CT molecular complexity index is 1260. The van der Waals surface area contributed by atoms with E-state index in [0.29, 0.717) is 29.2 Å². The van der Waals surface area contributed by atoms with Crippen LogP contribution in [0.4, 0.5) is 5.82 Å². The molecular weight excluding hydrogens is 438 g/mol. The monoisotopic (exact) mass is 469 g/mol. The lowest BCUT2D eigenvalue weighted by molar-refractivity contribution is 0.435. The molecule has 1 aromatic carbocycles. The van der Waals surface area contributed by atoms with Gasteiger partial charge in [-0.15, -0.1) is 0 Å². The molecule has 9 nitrogen and oxygen atoms in total. The van der Waals surface area contributed by atoms with E-state index < -0.39 is 10.0 Å².